The Kier molecular flexibility index (Phi) is 7.76. The van der Waals surface area contributed by atoms with Crippen LogP contribution in [0.15, 0.2) is 47.4 Å². The van der Waals surface area contributed by atoms with E-state index in [1.807, 2.05) is 36.6 Å². The second-order valence-corrected chi connectivity index (χ2v) is 8.33. The number of rotatable bonds is 6. The first kappa shape index (κ1) is 22.1. The van der Waals surface area contributed by atoms with Gasteiger partial charge < -0.3 is 14.0 Å². The smallest absolute Gasteiger partial charge is 0.294 e. The second-order valence-electron chi connectivity index (χ2n) is 5.88. The summed E-state index contributed by atoms with van der Waals surface area (Å²) in [5.41, 5.74) is 2.03. The maximum Gasteiger partial charge on any atom is 0.294 e. The van der Waals surface area contributed by atoms with E-state index in [9.17, 15) is 8.42 Å². The zero-order valence-corrected chi connectivity index (χ0v) is 17.6. The molecule has 0 aliphatic carbocycles. The third-order valence-corrected chi connectivity index (χ3v) is 5.72. The van der Waals surface area contributed by atoms with Crippen molar-refractivity contribution in [1.82, 2.24) is 4.57 Å². The summed E-state index contributed by atoms with van der Waals surface area (Å²) in [6.45, 7) is 5.89. The van der Waals surface area contributed by atoms with Crippen molar-refractivity contribution in [2.45, 2.75) is 25.3 Å². The average Bonchev–Trinajstić information content (AvgIpc) is 2.96. The Morgan fingerprint density at radius 1 is 1.18 bits per heavy atom. The minimum absolute atomic E-state index is 0.0666. The number of nitrogens with zero attached hydrogens (tertiary/aromatic N) is 1. The topological polar surface area (TPSA) is 102 Å². The molecule has 2 N–H and O–H groups in total. The molecular formula is C19H24N2O5S2. The molecule has 9 heteroatoms. The lowest BCUT2D eigenvalue weighted by Crippen LogP contribution is -2.16. The van der Waals surface area contributed by atoms with E-state index in [0.29, 0.717) is 18.0 Å². The molecule has 0 spiro atoms. The fourth-order valence-electron chi connectivity index (χ4n) is 2.43. The van der Waals surface area contributed by atoms with Crippen molar-refractivity contribution in [3.05, 3.63) is 52.8 Å². The Morgan fingerprint density at radius 3 is 2.43 bits per heavy atom. The fourth-order valence-corrected chi connectivity index (χ4v) is 3.87. The van der Waals surface area contributed by atoms with Crippen molar-refractivity contribution in [3.8, 4) is 5.75 Å². The van der Waals surface area contributed by atoms with E-state index in [0.717, 1.165) is 28.1 Å². The molecular weight excluding hydrogens is 400 g/mol. The van der Waals surface area contributed by atoms with Gasteiger partial charge in [0, 0.05) is 13.2 Å². The van der Waals surface area contributed by atoms with Gasteiger partial charge in [-0.2, -0.15) is 8.42 Å². The number of benzene rings is 2. The maximum atomic E-state index is 10.5. The first-order valence-corrected chi connectivity index (χ1v) is 10.9. The summed E-state index contributed by atoms with van der Waals surface area (Å²) in [6, 6.07) is 11.9. The molecule has 0 unspecified atom stereocenters. The van der Waals surface area contributed by atoms with Gasteiger partial charge in [-0.15, -0.1) is 0 Å². The summed E-state index contributed by atoms with van der Waals surface area (Å²) in [5.74, 6) is 0.829. The van der Waals surface area contributed by atoms with Crippen molar-refractivity contribution in [3.63, 3.8) is 0 Å². The minimum atomic E-state index is -4.02. The monoisotopic (exact) mass is 424 g/mol. The lowest BCUT2D eigenvalue weighted by Gasteiger charge is -2.05. The summed E-state index contributed by atoms with van der Waals surface area (Å²) < 4.78 is 43.1. The number of ether oxygens (including phenoxy) is 2. The van der Waals surface area contributed by atoms with Gasteiger partial charge >= 0.3 is 0 Å². The van der Waals surface area contributed by atoms with E-state index in [2.05, 4.69) is 0 Å². The maximum absolute atomic E-state index is 10.5. The molecule has 0 bridgehead atoms. The molecule has 3 aromatic rings. The van der Waals surface area contributed by atoms with E-state index in [-0.39, 0.29) is 4.90 Å². The number of aromatic nitrogens is 1. The molecule has 0 aliphatic rings. The van der Waals surface area contributed by atoms with Crippen LogP contribution in [0.3, 0.4) is 0 Å². The number of methoxy groups -OCH3 is 1. The molecule has 1 aromatic heterocycles. The van der Waals surface area contributed by atoms with Gasteiger partial charge in [-0.05, 0) is 44.2 Å². The molecule has 0 aliphatic heterocycles. The molecule has 0 fully saturated rings. The van der Waals surface area contributed by atoms with Crippen LogP contribution in [0.4, 0.5) is 0 Å². The van der Waals surface area contributed by atoms with Gasteiger partial charge in [0.25, 0.3) is 10.1 Å². The van der Waals surface area contributed by atoms with Gasteiger partial charge in [-0.25, -0.2) is 0 Å². The SMILES string of the molecule is CCOCCn1c(=N)sc2cc(OC)ccc21.Cc1ccc(S(=O)(=O)O)cc1. The van der Waals surface area contributed by atoms with E-state index in [1.54, 1.807) is 19.2 Å². The molecule has 3 rings (SSSR count). The highest BCUT2D eigenvalue weighted by molar-refractivity contribution is 7.85. The summed E-state index contributed by atoms with van der Waals surface area (Å²) >= 11 is 1.46. The molecule has 0 amide bonds. The second kappa shape index (κ2) is 9.83. The Labute approximate surface area is 168 Å². The van der Waals surface area contributed by atoms with Crippen molar-refractivity contribution in [1.29, 1.82) is 5.41 Å². The van der Waals surface area contributed by atoms with Crippen molar-refractivity contribution < 1.29 is 22.4 Å². The highest BCUT2D eigenvalue weighted by Crippen LogP contribution is 2.22. The highest BCUT2D eigenvalue weighted by atomic mass is 32.2. The summed E-state index contributed by atoms with van der Waals surface area (Å²) in [4.78, 5) is 0.482. The Balaban J connectivity index is 0.000000221. The van der Waals surface area contributed by atoms with Crippen LogP contribution in [-0.2, 0) is 21.4 Å². The van der Waals surface area contributed by atoms with Gasteiger partial charge in [0.15, 0.2) is 4.80 Å². The molecule has 0 saturated heterocycles. The van der Waals surface area contributed by atoms with Crippen molar-refractivity contribution in [2.24, 2.45) is 0 Å². The largest absolute Gasteiger partial charge is 0.497 e. The number of fused-ring (bicyclic) bond motifs is 1. The van der Waals surface area contributed by atoms with Crippen LogP contribution in [0.2, 0.25) is 0 Å². The Morgan fingerprint density at radius 2 is 1.86 bits per heavy atom. The zero-order chi connectivity index (χ0) is 20.7. The van der Waals surface area contributed by atoms with Crippen LogP contribution >= 0.6 is 11.3 Å². The van der Waals surface area contributed by atoms with Crippen LogP contribution < -0.4 is 9.54 Å². The quantitative estimate of drug-likeness (QED) is 0.466. The number of aryl methyl sites for hydroxylation is 1. The van der Waals surface area contributed by atoms with Crippen molar-refractivity contribution >= 4 is 31.7 Å². The number of thiazole rings is 1. The van der Waals surface area contributed by atoms with Gasteiger partial charge in [0.2, 0.25) is 0 Å². The minimum Gasteiger partial charge on any atom is -0.497 e. The molecule has 152 valence electrons. The molecule has 1 heterocycles. The summed E-state index contributed by atoms with van der Waals surface area (Å²) in [6.07, 6.45) is 0. The third-order valence-electron chi connectivity index (χ3n) is 3.89. The molecule has 2 aromatic carbocycles. The fraction of sp³-hybridized carbons (Fsp3) is 0.316. The number of nitrogens with one attached hydrogen (secondary N) is 1. The average molecular weight is 425 g/mol. The third kappa shape index (κ3) is 5.90. The van der Waals surface area contributed by atoms with Crippen molar-refractivity contribution in [2.75, 3.05) is 20.3 Å². The van der Waals surface area contributed by atoms with Crippen LogP contribution in [0.25, 0.3) is 10.2 Å². The van der Waals surface area contributed by atoms with Crippen LogP contribution in [-0.4, -0.2) is 37.9 Å². The first-order valence-electron chi connectivity index (χ1n) is 8.60. The van der Waals surface area contributed by atoms with Gasteiger partial charge in [0.05, 0.1) is 28.8 Å². The molecule has 0 saturated carbocycles. The van der Waals surface area contributed by atoms with Gasteiger partial charge in [0.1, 0.15) is 5.75 Å². The Bertz CT molecular complexity index is 1070. The summed E-state index contributed by atoms with van der Waals surface area (Å²) in [5, 5.41) is 7.95. The Hall–Kier alpha value is -2.20. The number of hydrogen-bond acceptors (Lipinski definition) is 6. The predicted octanol–water partition coefficient (Wildman–Crippen LogP) is 3.47. The van der Waals surface area contributed by atoms with Gasteiger partial charge in [-0.3, -0.25) is 9.96 Å². The molecule has 0 atom stereocenters. The highest BCUT2D eigenvalue weighted by Gasteiger charge is 2.07. The van der Waals surface area contributed by atoms with Crippen LogP contribution in [0.1, 0.15) is 12.5 Å². The van der Waals surface area contributed by atoms with E-state index >= 15 is 0 Å². The zero-order valence-electron chi connectivity index (χ0n) is 16.0. The molecule has 0 radical (unpaired) electrons. The lowest BCUT2D eigenvalue weighted by molar-refractivity contribution is 0.139. The van der Waals surface area contributed by atoms with E-state index < -0.39 is 10.1 Å². The normalized spacial score (nSPS) is 11.1. The molecule has 28 heavy (non-hydrogen) atoms. The predicted molar refractivity (Wildman–Crippen MR) is 110 cm³/mol. The van der Waals surface area contributed by atoms with Crippen LogP contribution in [0.5, 0.6) is 5.75 Å². The lowest BCUT2D eigenvalue weighted by atomic mass is 10.2. The first-order chi connectivity index (χ1) is 13.3. The number of hydrogen-bond donors (Lipinski definition) is 2. The van der Waals surface area contributed by atoms with E-state index in [4.69, 9.17) is 19.4 Å². The van der Waals surface area contributed by atoms with E-state index in [1.165, 1.54) is 23.5 Å². The molecule has 7 nitrogen and oxygen atoms in total. The van der Waals surface area contributed by atoms with Gasteiger partial charge in [-0.1, -0.05) is 29.0 Å². The standard InChI is InChI=1S/C12H16N2O2S.C7H8O3S/c1-3-16-7-6-14-10-5-4-9(15-2)8-11(10)17-12(14)13;1-6-2-4-7(5-3-6)11(8,9)10/h4-5,8,13H,3,6-7H2,1-2H3;2-5H,1H3,(H,8,9,10). The summed E-state index contributed by atoms with van der Waals surface area (Å²) in [7, 11) is -2.37. The van der Waals surface area contributed by atoms with Crippen LogP contribution in [0, 0.1) is 12.3 Å².